The number of hydrogen-bond acceptors (Lipinski definition) is 5. The van der Waals surface area contributed by atoms with Gasteiger partial charge in [-0.1, -0.05) is 12.1 Å². The van der Waals surface area contributed by atoms with Crippen LogP contribution in [0.3, 0.4) is 0 Å². The predicted octanol–water partition coefficient (Wildman–Crippen LogP) is 2.72. The summed E-state index contributed by atoms with van der Waals surface area (Å²) in [4.78, 5) is 26.1. The lowest BCUT2D eigenvalue weighted by Crippen LogP contribution is -2.29. The number of anilines is 2. The molecule has 1 unspecified atom stereocenters. The first kappa shape index (κ1) is 18.9. The molecule has 1 saturated heterocycles. The van der Waals surface area contributed by atoms with Gasteiger partial charge in [0.05, 0.1) is 21.3 Å². The van der Waals surface area contributed by atoms with Crippen LogP contribution in [0.1, 0.15) is 23.5 Å². The minimum Gasteiger partial charge on any atom is -0.493 e. The van der Waals surface area contributed by atoms with E-state index < -0.39 is 0 Å². The van der Waals surface area contributed by atoms with E-state index in [4.69, 9.17) is 14.2 Å². The number of fused-ring (bicyclic) bond motifs is 1. The SMILES string of the molecule is COc1ccc(C2CC(=O)Nc3cc(N4CCNC4=O)ccc32)c(OC)c1OC. The number of benzene rings is 2. The summed E-state index contributed by atoms with van der Waals surface area (Å²) < 4.78 is 16.5. The number of rotatable bonds is 5. The molecule has 0 aromatic heterocycles. The summed E-state index contributed by atoms with van der Waals surface area (Å²) in [5.41, 5.74) is 3.24. The van der Waals surface area contributed by atoms with Crippen LogP contribution in [-0.2, 0) is 4.79 Å². The van der Waals surface area contributed by atoms with Gasteiger partial charge in [-0.05, 0) is 23.8 Å². The number of carbonyl (C=O) groups is 2. The summed E-state index contributed by atoms with van der Waals surface area (Å²) in [7, 11) is 4.69. The zero-order chi connectivity index (χ0) is 20.5. The Kier molecular flexibility index (Phi) is 4.92. The molecular weight excluding hydrogens is 374 g/mol. The first-order valence-electron chi connectivity index (χ1n) is 9.35. The zero-order valence-electron chi connectivity index (χ0n) is 16.6. The summed E-state index contributed by atoms with van der Waals surface area (Å²) >= 11 is 0. The van der Waals surface area contributed by atoms with Gasteiger partial charge in [-0.3, -0.25) is 9.69 Å². The number of ether oxygens (including phenoxy) is 3. The molecule has 0 radical (unpaired) electrons. The largest absolute Gasteiger partial charge is 0.493 e. The van der Waals surface area contributed by atoms with Crippen molar-refractivity contribution in [2.24, 2.45) is 0 Å². The van der Waals surface area contributed by atoms with Crippen molar-refractivity contribution in [1.29, 1.82) is 0 Å². The van der Waals surface area contributed by atoms with Crippen LogP contribution >= 0.6 is 0 Å². The van der Waals surface area contributed by atoms with Crippen LogP contribution in [0.2, 0.25) is 0 Å². The van der Waals surface area contributed by atoms with Crippen LogP contribution in [0.5, 0.6) is 17.2 Å². The van der Waals surface area contributed by atoms with E-state index in [1.165, 1.54) is 0 Å². The van der Waals surface area contributed by atoms with E-state index in [1.54, 1.807) is 26.2 Å². The maximum Gasteiger partial charge on any atom is 0.321 e. The molecule has 0 bridgehead atoms. The highest BCUT2D eigenvalue weighted by atomic mass is 16.5. The van der Waals surface area contributed by atoms with Crippen molar-refractivity contribution in [2.45, 2.75) is 12.3 Å². The van der Waals surface area contributed by atoms with Crippen molar-refractivity contribution < 1.29 is 23.8 Å². The quantitative estimate of drug-likeness (QED) is 0.810. The average Bonchev–Trinajstić information content (AvgIpc) is 3.17. The van der Waals surface area contributed by atoms with Crippen molar-refractivity contribution in [1.82, 2.24) is 5.32 Å². The highest BCUT2D eigenvalue weighted by Gasteiger charge is 2.32. The summed E-state index contributed by atoms with van der Waals surface area (Å²) in [6.07, 6.45) is 0.280. The maximum absolute atomic E-state index is 12.5. The van der Waals surface area contributed by atoms with Gasteiger partial charge >= 0.3 is 6.03 Å². The van der Waals surface area contributed by atoms with E-state index in [0.717, 1.165) is 16.8 Å². The van der Waals surface area contributed by atoms with Gasteiger partial charge in [-0.2, -0.15) is 0 Å². The molecule has 2 aromatic rings. The molecule has 29 heavy (non-hydrogen) atoms. The Labute approximate surface area is 168 Å². The van der Waals surface area contributed by atoms with Crippen LogP contribution in [0.4, 0.5) is 16.2 Å². The third-order valence-corrected chi connectivity index (χ3v) is 5.35. The van der Waals surface area contributed by atoms with Crippen LogP contribution in [-0.4, -0.2) is 46.4 Å². The lowest BCUT2D eigenvalue weighted by Gasteiger charge is -2.29. The Morgan fingerprint density at radius 3 is 2.38 bits per heavy atom. The van der Waals surface area contributed by atoms with E-state index in [1.807, 2.05) is 30.3 Å². The second-order valence-electron chi connectivity index (χ2n) is 6.88. The molecule has 2 aliphatic heterocycles. The highest BCUT2D eigenvalue weighted by molar-refractivity contribution is 5.98. The number of nitrogens with zero attached hydrogens (tertiary/aromatic N) is 1. The van der Waals surface area contributed by atoms with Crippen molar-refractivity contribution in [3.05, 3.63) is 41.5 Å². The maximum atomic E-state index is 12.5. The predicted molar refractivity (Wildman–Crippen MR) is 108 cm³/mol. The van der Waals surface area contributed by atoms with E-state index in [9.17, 15) is 9.59 Å². The third-order valence-electron chi connectivity index (χ3n) is 5.35. The van der Waals surface area contributed by atoms with E-state index in [2.05, 4.69) is 10.6 Å². The van der Waals surface area contributed by atoms with E-state index in [-0.39, 0.29) is 24.3 Å². The highest BCUT2D eigenvalue weighted by Crippen LogP contribution is 2.48. The average molecular weight is 397 g/mol. The normalized spacial score (nSPS) is 18.0. The minimum atomic E-state index is -0.213. The lowest BCUT2D eigenvalue weighted by atomic mass is 9.84. The number of amides is 3. The van der Waals surface area contributed by atoms with Crippen LogP contribution in [0, 0.1) is 0 Å². The summed E-state index contributed by atoms with van der Waals surface area (Å²) in [6.45, 7) is 1.20. The van der Waals surface area contributed by atoms with Gasteiger partial charge in [-0.15, -0.1) is 0 Å². The fraction of sp³-hybridized carbons (Fsp3) is 0.333. The van der Waals surface area contributed by atoms with Gasteiger partial charge < -0.3 is 24.8 Å². The summed E-state index contributed by atoms with van der Waals surface area (Å²) in [6, 6.07) is 9.28. The van der Waals surface area contributed by atoms with Crippen LogP contribution in [0.25, 0.3) is 0 Å². The molecule has 2 N–H and O–H groups in total. The molecule has 2 heterocycles. The molecule has 2 aliphatic rings. The third kappa shape index (κ3) is 3.20. The monoisotopic (exact) mass is 397 g/mol. The van der Waals surface area contributed by atoms with Gasteiger partial charge in [0.1, 0.15) is 0 Å². The minimum absolute atomic E-state index is 0.0950. The second kappa shape index (κ2) is 7.54. The molecule has 0 saturated carbocycles. The Hall–Kier alpha value is -3.42. The van der Waals surface area contributed by atoms with Gasteiger partial charge in [0.2, 0.25) is 11.7 Å². The molecular formula is C21H23N3O5. The molecule has 3 amide bonds. The van der Waals surface area contributed by atoms with Gasteiger partial charge in [0, 0.05) is 42.4 Å². The van der Waals surface area contributed by atoms with Crippen molar-refractivity contribution >= 4 is 23.3 Å². The zero-order valence-corrected chi connectivity index (χ0v) is 16.6. The molecule has 2 aromatic carbocycles. The molecule has 0 spiro atoms. The molecule has 1 atom stereocenters. The van der Waals surface area contributed by atoms with E-state index >= 15 is 0 Å². The number of nitrogens with one attached hydrogen (secondary N) is 2. The van der Waals surface area contributed by atoms with Crippen LogP contribution < -0.4 is 29.7 Å². The fourth-order valence-corrected chi connectivity index (χ4v) is 4.02. The van der Waals surface area contributed by atoms with Gasteiger partial charge in [0.15, 0.2) is 11.5 Å². The smallest absolute Gasteiger partial charge is 0.321 e. The van der Waals surface area contributed by atoms with Gasteiger partial charge in [0.25, 0.3) is 0 Å². The fourth-order valence-electron chi connectivity index (χ4n) is 4.02. The topological polar surface area (TPSA) is 89.1 Å². The Bertz CT molecular complexity index is 975. The summed E-state index contributed by atoms with van der Waals surface area (Å²) in [5.74, 6) is 1.28. The Balaban J connectivity index is 1.80. The number of urea groups is 1. The van der Waals surface area contributed by atoms with Crippen LogP contribution in [0.15, 0.2) is 30.3 Å². The van der Waals surface area contributed by atoms with Crippen molar-refractivity contribution in [3.63, 3.8) is 0 Å². The molecule has 8 nitrogen and oxygen atoms in total. The molecule has 8 heteroatoms. The number of methoxy groups -OCH3 is 3. The second-order valence-corrected chi connectivity index (χ2v) is 6.88. The standard InChI is InChI=1S/C21H23N3O5/c1-27-17-7-6-14(19(28-2)20(17)29-3)15-11-18(25)23-16-10-12(4-5-13(15)16)24-9-8-22-21(24)26/h4-7,10,15H,8-9,11H2,1-3H3,(H,22,26)(H,23,25). The van der Waals surface area contributed by atoms with Crippen molar-refractivity contribution in [3.8, 4) is 17.2 Å². The molecule has 1 fully saturated rings. The Morgan fingerprint density at radius 2 is 1.72 bits per heavy atom. The first-order chi connectivity index (χ1) is 14.1. The van der Waals surface area contributed by atoms with Crippen molar-refractivity contribution in [2.75, 3.05) is 44.6 Å². The summed E-state index contributed by atoms with van der Waals surface area (Å²) in [5, 5.41) is 5.72. The number of carbonyl (C=O) groups excluding carboxylic acids is 2. The molecule has 4 rings (SSSR count). The Morgan fingerprint density at radius 1 is 0.966 bits per heavy atom. The lowest BCUT2D eigenvalue weighted by molar-refractivity contribution is -0.116. The van der Waals surface area contributed by atoms with Gasteiger partial charge in [-0.25, -0.2) is 4.79 Å². The molecule has 0 aliphatic carbocycles. The number of hydrogen-bond donors (Lipinski definition) is 2. The first-order valence-corrected chi connectivity index (χ1v) is 9.35. The molecule has 152 valence electrons. The van der Waals surface area contributed by atoms with E-state index in [0.29, 0.717) is 36.0 Å².